The Morgan fingerprint density at radius 1 is 1.55 bits per heavy atom. The average molecular weight is 304 g/mol. The van der Waals surface area contributed by atoms with Crippen molar-refractivity contribution in [3.05, 3.63) is 17.0 Å². The van der Waals surface area contributed by atoms with Crippen LogP contribution in [0.25, 0.3) is 0 Å². The molecule has 4 atom stereocenters. The number of amides is 1. The molecule has 1 saturated carbocycles. The van der Waals surface area contributed by atoms with E-state index < -0.39 is 0 Å². The molecule has 0 radical (unpaired) electrons. The maximum atomic E-state index is 12.7. The lowest BCUT2D eigenvalue weighted by molar-refractivity contribution is -0.0545. The summed E-state index contributed by atoms with van der Waals surface area (Å²) < 4.78 is 5.78. The zero-order chi connectivity index (χ0) is 15.3. The summed E-state index contributed by atoms with van der Waals surface area (Å²) >= 11 is 0. The van der Waals surface area contributed by atoms with Gasteiger partial charge in [0.05, 0.1) is 6.10 Å². The summed E-state index contributed by atoms with van der Waals surface area (Å²) in [7, 11) is 2.08. The molecule has 22 heavy (non-hydrogen) atoms. The van der Waals surface area contributed by atoms with Gasteiger partial charge in [-0.15, -0.1) is 0 Å². The van der Waals surface area contributed by atoms with Crippen molar-refractivity contribution in [3.63, 3.8) is 0 Å². The van der Waals surface area contributed by atoms with Gasteiger partial charge in [-0.25, -0.2) is 0 Å². The van der Waals surface area contributed by atoms with Crippen molar-refractivity contribution in [1.29, 1.82) is 0 Å². The monoisotopic (exact) mass is 304 g/mol. The van der Waals surface area contributed by atoms with Crippen molar-refractivity contribution in [1.82, 2.24) is 20.4 Å². The highest BCUT2D eigenvalue weighted by molar-refractivity contribution is 5.94. The fourth-order valence-corrected chi connectivity index (χ4v) is 4.37. The molecule has 0 aromatic carbocycles. The molecule has 2 fully saturated rings. The normalized spacial score (nSPS) is 33.9. The van der Waals surface area contributed by atoms with Gasteiger partial charge >= 0.3 is 0 Å². The number of nitrogens with one attached hydrogen (secondary N) is 2. The summed E-state index contributed by atoms with van der Waals surface area (Å²) in [4.78, 5) is 14.9. The van der Waals surface area contributed by atoms with Crippen LogP contribution < -0.4 is 5.32 Å². The maximum Gasteiger partial charge on any atom is 0.272 e. The Bertz CT molecular complexity index is 585. The van der Waals surface area contributed by atoms with Gasteiger partial charge in [-0.1, -0.05) is 6.92 Å². The minimum absolute atomic E-state index is 0.0263. The number of aromatic amines is 1. The van der Waals surface area contributed by atoms with Gasteiger partial charge < -0.3 is 15.0 Å². The number of rotatable bonds is 3. The van der Waals surface area contributed by atoms with Crippen LogP contribution in [0.15, 0.2) is 0 Å². The first kappa shape index (κ1) is 14.2. The highest BCUT2D eigenvalue weighted by Gasteiger charge is 2.53. The standard InChI is InChI=1S/C16H24N4O2/c1-3-9-13(10-5-7-22-15(9)10)17-16(21)14-11-8-20(2)6-4-12(11)18-19-14/h9-10,13,15H,3-8H2,1-2H3,(H,17,21)(H,18,19)/t9-,10+,13+,15-/m1/s1. The number of likely N-dealkylation sites (N-methyl/N-ethyl adjacent to an activating group) is 1. The first-order chi connectivity index (χ1) is 10.7. The first-order valence-electron chi connectivity index (χ1n) is 8.36. The molecule has 1 aliphatic carbocycles. The van der Waals surface area contributed by atoms with Gasteiger partial charge in [0.2, 0.25) is 0 Å². The number of H-pyrrole nitrogens is 1. The molecule has 4 rings (SSSR count). The van der Waals surface area contributed by atoms with Gasteiger partial charge in [0, 0.05) is 55.3 Å². The lowest BCUT2D eigenvalue weighted by Gasteiger charge is -2.47. The maximum absolute atomic E-state index is 12.7. The summed E-state index contributed by atoms with van der Waals surface area (Å²) in [5, 5.41) is 10.6. The summed E-state index contributed by atoms with van der Waals surface area (Å²) in [6.45, 7) is 4.82. The Hall–Kier alpha value is -1.40. The quantitative estimate of drug-likeness (QED) is 0.872. The second-order valence-electron chi connectivity index (χ2n) is 6.88. The lowest BCUT2D eigenvalue weighted by atomic mass is 9.65. The van der Waals surface area contributed by atoms with Gasteiger partial charge in [-0.2, -0.15) is 5.10 Å². The molecule has 1 aromatic heterocycles. The Labute approximate surface area is 130 Å². The first-order valence-corrected chi connectivity index (χ1v) is 8.36. The Morgan fingerprint density at radius 3 is 3.23 bits per heavy atom. The van der Waals surface area contributed by atoms with E-state index in [0.717, 1.165) is 50.2 Å². The molecule has 1 saturated heterocycles. The van der Waals surface area contributed by atoms with Crippen molar-refractivity contribution in [2.24, 2.45) is 11.8 Å². The fraction of sp³-hybridized carbons (Fsp3) is 0.750. The van der Waals surface area contributed by atoms with Gasteiger partial charge in [0.1, 0.15) is 0 Å². The van der Waals surface area contributed by atoms with Crippen LogP contribution in [0.5, 0.6) is 0 Å². The molecule has 6 nitrogen and oxygen atoms in total. The second kappa shape index (κ2) is 5.35. The van der Waals surface area contributed by atoms with Crippen LogP contribution in [0.1, 0.15) is 41.5 Å². The zero-order valence-electron chi connectivity index (χ0n) is 13.3. The number of hydrogen-bond donors (Lipinski definition) is 2. The lowest BCUT2D eigenvalue weighted by Crippen LogP contribution is -2.61. The minimum atomic E-state index is -0.0263. The zero-order valence-corrected chi connectivity index (χ0v) is 13.3. The van der Waals surface area contributed by atoms with E-state index in [1.54, 1.807) is 0 Å². The molecule has 2 N–H and O–H groups in total. The van der Waals surface area contributed by atoms with Gasteiger partial charge in [0.25, 0.3) is 5.91 Å². The fourth-order valence-electron chi connectivity index (χ4n) is 4.37. The predicted octanol–water partition coefficient (Wildman–Crippen LogP) is 0.941. The van der Waals surface area contributed by atoms with Crippen LogP contribution >= 0.6 is 0 Å². The molecular formula is C16H24N4O2. The van der Waals surface area contributed by atoms with E-state index in [4.69, 9.17) is 4.74 Å². The van der Waals surface area contributed by atoms with E-state index in [9.17, 15) is 4.79 Å². The number of hydrogen-bond acceptors (Lipinski definition) is 4. The Kier molecular flexibility index (Phi) is 3.46. The van der Waals surface area contributed by atoms with Crippen LogP contribution in [-0.2, 0) is 17.7 Å². The predicted molar refractivity (Wildman–Crippen MR) is 81.5 cm³/mol. The van der Waals surface area contributed by atoms with Crippen LogP contribution in [0.2, 0.25) is 0 Å². The second-order valence-corrected chi connectivity index (χ2v) is 6.88. The third kappa shape index (κ3) is 2.08. The highest BCUT2D eigenvalue weighted by Crippen LogP contribution is 2.45. The number of fused-ring (bicyclic) bond motifs is 2. The summed E-state index contributed by atoms with van der Waals surface area (Å²) in [6, 6.07) is 0.249. The van der Waals surface area contributed by atoms with Crippen LogP contribution in [-0.4, -0.2) is 53.3 Å². The summed E-state index contributed by atoms with van der Waals surface area (Å²) in [6.07, 6.45) is 3.40. The molecule has 1 aromatic rings. The number of ether oxygens (including phenoxy) is 1. The van der Waals surface area contributed by atoms with E-state index in [1.165, 1.54) is 0 Å². The molecule has 3 aliphatic rings. The number of carbonyl (C=O) groups is 1. The number of nitrogens with zero attached hydrogens (tertiary/aromatic N) is 2. The van der Waals surface area contributed by atoms with Crippen molar-refractivity contribution >= 4 is 5.91 Å². The molecule has 1 amide bonds. The van der Waals surface area contributed by atoms with E-state index in [0.29, 0.717) is 23.6 Å². The SMILES string of the molecule is CC[C@@H]1[C@H](NC(=O)c2n[nH]c3c2CN(C)CC3)[C@@H]2CCO[C@H]12. The summed E-state index contributed by atoms with van der Waals surface area (Å²) in [5.74, 6) is 0.918. The molecule has 0 spiro atoms. The molecule has 120 valence electrons. The van der Waals surface area contributed by atoms with Crippen LogP contribution in [0.4, 0.5) is 0 Å². The molecule has 3 heterocycles. The highest BCUT2D eigenvalue weighted by atomic mass is 16.5. The molecule has 2 aliphatic heterocycles. The molecule has 6 heteroatoms. The van der Waals surface area contributed by atoms with E-state index in [2.05, 4.69) is 34.4 Å². The smallest absolute Gasteiger partial charge is 0.272 e. The third-order valence-electron chi connectivity index (χ3n) is 5.64. The van der Waals surface area contributed by atoms with Crippen molar-refractivity contribution in [2.75, 3.05) is 20.2 Å². The third-order valence-corrected chi connectivity index (χ3v) is 5.64. The Morgan fingerprint density at radius 2 is 2.41 bits per heavy atom. The van der Waals surface area contributed by atoms with E-state index in [1.807, 2.05) is 0 Å². The van der Waals surface area contributed by atoms with Crippen molar-refractivity contribution in [3.8, 4) is 0 Å². The van der Waals surface area contributed by atoms with Gasteiger partial charge in [-0.05, 0) is 19.9 Å². The molecular weight excluding hydrogens is 280 g/mol. The number of carbonyl (C=O) groups excluding carboxylic acids is 1. The average Bonchev–Trinajstić information content (AvgIpc) is 3.09. The van der Waals surface area contributed by atoms with Crippen molar-refractivity contribution in [2.45, 2.75) is 44.9 Å². The molecule has 0 bridgehead atoms. The minimum Gasteiger partial charge on any atom is -0.377 e. The topological polar surface area (TPSA) is 70.2 Å². The van der Waals surface area contributed by atoms with Crippen LogP contribution in [0, 0.1) is 11.8 Å². The van der Waals surface area contributed by atoms with Crippen molar-refractivity contribution < 1.29 is 9.53 Å². The Balaban J connectivity index is 1.50. The van der Waals surface area contributed by atoms with Gasteiger partial charge in [-0.3, -0.25) is 9.89 Å². The summed E-state index contributed by atoms with van der Waals surface area (Å²) in [5.41, 5.74) is 2.77. The molecule has 0 unspecified atom stereocenters. The largest absolute Gasteiger partial charge is 0.377 e. The van der Waals surface area contributed by atoms with Crippen LogP contribution in [0.3, 0.4) is 0 Å². The van der Waals surface area contributed by atoms with Gasteiger partial charge in [0.15, 0.2) is 5.69 Å². The van der Waals surface area contributed by atoms with E-state index >= 15 is 0 Å². The van der Waals surface area contributed by atoms with E-state index in [-0.39, 0.29) is 11.9 Å². The number of aromatic nitrogens is 2.